The molecule has 26 heavy (non-hydrogen) atoms. The molecular weight excluding hydrogens is 334 g/mol. The van der Waals surface area contributed by atoms with Crippen LogP contribution < -0.4 is 4.74 Å². The highest BCUT2D eigenvalue weighted by molar-refractivity contribution is 5.94. The Bertz CT molecular complexity index is 811. The Balaban J connectivity index is 1.58. The summed E-state index contributed by atoms with van der Waals surface area (Å²) in [5.74, 6) is 0.829. The Morgan fingerprint density at radius 1 is 1.27 bits per heavy atom. The highest BCUT2D eigenvalue weighted by atomic mass is 16.7. The SMILES string of the molecule is Cc1cc(CN(CC2OCCO2)C(=O)c2ccc3c(c2)CCO3)n(C)n1. The van der Waals surface area contributed by atoms with Crippen LogP contribution in [0.25, 0.3) is 0 Å². The van der Waals surface area contributed by atoms with Crippen LogP contribution in [0.15, 0.2) is 24.3 Å². The molecule has 1 fully saturated rings. The van der Waals surface area contributed by atoms with Crippen LogP contribution in [0.3, 0.4) is 0 Å². The number of benzene rings is 1. The third-order valence-corrected chi connectivity index (χ3v) is 4.74. The largest absolute Gasteiger partial charge is 0.493 e. The van der Waals surface area contributed by atoms with Crippen molar-refractivity contribution in [3.05, 3.63) is 46.8 Å². The van der Waals surface area contributed by atoms with E-state index in [4.69, 9.17) is 14.2 Å². The summed E-state index contributed by atoms with van der Waals surface area (Å²) in [7, 11) is 1.89. The van der Waals surface area contributed by atoms with E-state index in [0.717, 1.165) is 29.1 Å². The zero-order valence-corrected chi connectivity index (χ0v) is 15.1. The van der Waals surface area contributed by atoms with Gasteiger partial charge in [-0.15, -0.1) is 0 Å². The minimum absolute atomic E-state index is 0.0438. The van der Waals surface area contributed by atoms with Crippen LogP contribution in [0.5, 0.6) is 5.75 Å². The average Bonchev–Trinajstić information content (AvgIpc) is 3.35. The molecule has 0 unspecified atom stereocenters. The molecule has 7 nitrogen and oxygen atoms in total. The van der Waals surface area contributed by atoms with Crippen LogP contribution in [0.1, 0.15) is 27.3 Å². The van der Waals surface area contributed by atoms with Gasteiger partial charge < -0.3 is 19.1 Å². The number of aromatic nitrogens is 2. The normalized spacial score (nSPS) is 16.5. The highest BCUT2D eigenvalue weighted by Crippen LogP contribution is 2.26. The highest BCUT2D eigenvalue weighted by Gasteiger charge is 2.26. The molecule has 1 amide bonds. The van der Waals surface area contributed by atoms with E-state index in [9.17, 15) is 4.79 Å². The summed E-state index contributed by atoms with van der Waals surface area (Å²) < 4.78 is 18.5. The van der Waals surface area contributed by atoms with Gasteiger partial charge in [-0.05, 0) is 36.8 Å². The van der Waals surface area contributed by atoms with Gasteiger partial charge in [0.25, 0.3) is 5.91 Å². The molecular formula is C19H23N3O4. The van der Waals surface area contributed by atoms with E-state index in [-0.39, 0.29) is 12.2 Å². The molecule has 138 valence electrons. The average molecular weight is 357 g/mol. The molecule has 0 aliphatic carbocycles. The number of fused-ring (bicyclic) bond motifs is 1. The third kappa shape index (κ3) is 3.45. The van der Waals surface area contributed by atoms with Crippen LogP contribution in [-0.4, -0.2) is 53.2 Å². The van der Waals surface area contributed by atoms with Crippen molar-refractivity contribution in [2.24, 2.45) is 7.05 Å². The molecule has 4 rings (SSSR count). The van der Waals surface area contributed by atoms with Crippen molar-refractivity contribution < 1.29 is 19.0 Å². The van der Waals surface area contributed by atoms with Crippen molar-refractivity contribution in [2.75, 3.05) is 26.4 Å². The molecule has 0 saturated carbocycles. The maximum Gasteiger partial charge on any atom is 0.254 e. The summed E-state index contributed by atoms with van der Waals surface area (Å²) >= 11 is 0. The molecule has 2 aliphatic heterocycles. The summed E-state index contributed by atoms with van der Waals surface area (Å²) in [4.78, 5) is 15.0. The molecule has 2 aliphatic rings. The number of carbonyl (C=O) groups is 1. The third-order valence-electron chi connectivity index (χ3n) is 4.74. The lowest BCUT2D eigenvalue weighted by Gasteiger charge is -2.25. The molecule has 0 radical (unpaired) electrons. The van der Waals surface area contributed by atoms with E-state index in [1.165, 1.54) is 0 Å². The summed E-state index contributed by atoms with van der Waals surface area (Å²) in [6, 6.07) is 7.63. The number of aryl methyl sites for hydroxylation is 2. The Morgan fingerprint density at radius 2 is 2.08 bits per heavy atom. The van der Waals surface area contributed by atoms with Crippen molar-refractivity contribution >= 4 is 5.91 Å². The maximum absolute atomic E-state index is 13.2. The molecule has 1 aromatic heterocycles. The number of carbonyl (C=O) groups excluding carboxylic acids is 1. The number of hydrogen-bond acceptors (Lipinski definition) is 5. The molecule has 0 N–H and O–H groups in total. The van der Waals surface area contributed by atoms with E-state index in [1.807, 2.05) is 42.9 Å². The van der Waals surface area contributed by atoms with Crippen molar-refractivity contribution in [1.29, 1.82) is 0 Å². The van der Waals surface area contributed by atoms with Gasteiger partial charge in [0, 0.05) is 19.0 Å². The van der Waals surface area contributed by atoms with Crippen LogP contribution in [0.2, 0.25) is 0 Å². The predicted octanol–water partition coefficient (Wildman–Crippen LogP) is 1.68. The first-order chi connectivity index (χ1) is 12.6. The Morgan fingerprint density at radius 3 is 2.81 bits per heavy atom. The van der Waals surface area contributed by atoms with E-state index < -0.39 is 0 Å². The summed E-state index contributed by atoms with van der Waals surface area (Å²) in [5, 5.41) is 4.37. The smallest absolute Gasteiger partial charge is 0.254 e. The van der Waals surface area contributed by atoms with Gasteiger partial charge in [0.15, 0.2) is 6.29 Å². The van der Waals surface area contributed by atoms with Gasteiger partial charge in [0.1, 0.15) is 5.75 Å². The van der Waals surface area contributed by atoms with E-state index >= 15 is 0 Å². The first-order valence-corrected chi connectivity index (χ1v) is 8.88. The van der Waals surface area contributed by atoms with Crippen molar-refractivity contribution in [3.8, 4) is 5.75 Å². The molecule has 3 heterocycles. The summed E-state index contributed by atoms with van der Waals surface area (Å²) in [6.45, 7) is 4.58. The van der Waals surface area contributed by atoms with Gasteiger partial charge >= 0.3 is 0 Å². The van der Waals surface area contributed by atoms with Gasteiger partial charge in [0.05, 0.1) is 44.3 Å². The van der Waals surface area contributed by atoms with Gasteiger partial charge in [-0.1, -0.05) is 0 Å². The first-order valence-electron chi connectivity index (χ1n) is 8.88. The maximum atomic E-state index is 13.2. The Kier molecular flexibility index (Phi) is 4.65. The second-order valence-corrected chi connectivity index (χ2v) is 6.68. The fourth-order valence-electron chi connectivity index (χ4n) is 3.42. The fraction of sp³-hybridized carbons (Fsp3) is 0.474. The zero-order chi connectivity index (χ0) is 18.1. The standard InChI is InChI=1S/C19H23N3O4/c1-13-9-16(21(2)20-13)11-22(12-18-25-7-8-26-18)19(23)15-3-4-17-14(10-15)5-6-24-17/h3-4,9-10,18H,5-8,11-12H2,1-2H3. The molecule has 0 bridgehead atoms. The summed E-state index contributed by atoms with van der Waals surface area (Å²) in [5.41, 5.74) is 3.64. The fourth-order valence-corrected chi connectivity index (χ4v) is 3.42. The van der Waals surface area contributed by atoms with Gasteiger partial charge in [-0.2, -0.15) is 5.10 Å². The Hall–Kier alpha value is -2.38. The van der Waals surface area contributed by atoms with Crippen molar-refractivity contribution in [3.63, 3.8) is 0 Å². The molecule has 0 atom stereocenters. The van der Waals surface area contributed by atoms with Crippen LogP contribution >= 0.6 is 0 Å². The second-order valence-electron chi connectivity index (χ2n) is 6.68. The van der Waals surface area contributed by atoms with Crippen LogP contribution in [-0.2, 0) is 29.5 Å². The molecule has 7 heteroatoms. The number of ether oxygens (including phenoxy) is 3. The first kappa shape index (κ1) is 17.1. The number of rotatable bonds is 5. The second kappa shape index (κ2) is 7.09. The lowest BCUT2D eigenvalue weighted by molar-refractivity contribution is -0.0587. The van der Waals surface area contributed by atoms with Crippen LogP contribution in [0, 0.1) is 6.92 Å². The van der Waals surface area contributed by atoms with Crippen LogP contribution in [0.4, 0.5) is 0 Å². The van der Waals surface area contributed by atoms with Crippen molar-refractivity contribution in [1.82, 2.24) is 14.7 Å². The molecule has 1 saturated heterocycles. The summed E-state index contributed by atoms with van der Waals surface area (Å²) in [6.07, 6.45) is 0.456. The lowest BCUT2D eigenvalue weighted by Crippen LogP contribution is -2.38. The van der Waals surface area contributed by atoms with Gasteiger partial charge in [-0.3, -0.25) is 9.48 Å². The van der Waals surface area contributed by atoms with Crippen molar-refractivity contribution in [2.45, 2.75) is 26.2 Å². The topological polar surface area (TPSA) is 65.8 Å². The molecule has 2 aromatic rings. The van der Waals surface area contributed by atoms with E-state index in [2.05, 4.69) is 5.10 Å². The quantitative estimate of drug-likeness (QED) is 0.815. The Labute approximate surface area is 152 Å². The van der Waals surface area contributed by atoms with Gasteiger partial charge in [-0.25, -0.2) is 0 Å². The number of nitrogens with zero attached hydrogens (tertiary/aromatic N) is 3. The molecule has 1 aromatic carbocycles. The zero-order valence-electron chi connectivity index (χ0n) is 15.1. The minimum atomic E-state index is -0.383. The monoisotopic (exact) mass is 357 g/mol. The number of hydrogen-bond donors (Lipinski definition) is 0. The van der Waals surface area contributed by atoms with Gasteiger partial charge in [0.2, 0.25) is 0 Å². The van der Waals surface area contributed by atoms with E-state index in [1.54, 1.807) is 4.90 Å². The van der Waals surface area contributed by atoms with E-state index in [0.29, 0.717) is 38.5 Å². The lowest BCUT2D eigenvalue weighted by atomic mass is 10.1. The predicted molar refractivity (Wildman–Crippen MR) is 94.0 cm³/mol. The number of amides is 1. The minimum Gasteiger partial charge on any atom is -0.493 e. The molecule has 0 spiro atoms.